The van der Waals surface area contributed by atoms with Crippen LogP contribution in [0.1, 0.15) is 23.3 Å². The Hall–Kier alpha value is -10.9. The first-order chi connectivity index (χ1) is 39.2. The van der Waals surface area contributed by atoms with Gasteiger partial charge in [-0.25, -0.2) is 49.7 Å². The molecule has 0 radical (unpaired) electrons. The predicted molar refractivity (Wildman–Crippen MR) is 319 cm³/mol. The number of aromatic nitrogens is 11. The van der Waals surface area contributed by atoms with E-state index in [1.165, 1.54) is 0 Å². The van der Waals surface area contributed by atoms with Gasteiger partial charge in [-0.1, -0.05) is 127 Å². The fourth-order valence-corrected chi connectivity index (χ4v) is 11.2. The third-order valence-electron chi connectivity index (χ3n) is 14.6. The highest BCUT2D eigenvalue weighted by molar-refractivity contribution is 6.12. The van der Waals surface area contributed by atoms with Crippen molar-refractivity contribution >= 4 is 49.3 Å². The summed E-state index contributed by atoms with van der Waals surface area (Å²) in [5.41, 5.74) is 14.3. The molecule has 0 saturated carbocycles. The second kappa shape index (κ2) is 19.3. The average Bonchev–Trinajstić information content (AvgIpc) is 4.13. The van der Waals surface area contributed by atoms with Gasteiger partial charge in [0, 0.05) is 54.9 Å². The topological polar surface area (TPSA) is 130 Å². The molecule has 80 heavy (non-hydrogen) atoms. The number of fused-ring (bicyclic) bond motifs is 6. The quantitative estimate of drug-likeness (QED) is 0.130. The third-order valence-corrected chi connectivity index (χ3v) is 14.6. The van der Waals surface area contributed by atoms with Gasteiger partial charge in [0.25, 0.3) is 0 Å². The van der Waals surface area contributed by atoms with E-state index in [2.05, 4.69) is 145 Å². The lowest BCUT2D eigenvalue weighted by Gasteiger charge is -2.20. The summed E-state index contributed by atoms with van der Waals surface area (Å²) < 4.78 is 4.66. The van der Waals surface area contributed by atoms with Gasteiger partial charge in [-0.2, -0.15) is 0 Å². The van der Waals surface area contributed by atoms with Crippen molar-refractivity contribution in [2.45, 2.75) is 27.7 Å². The molecule has 0 aliphatic heterocycles. The Bertz CT molecular complexity index is 4740. The molecule has 0 saturated heterocycles. The van der Waals surface area contributed by atoms with E-state index in [0.717, 1.165) is 105 Å². The van der Waals surface area contributed by atoms with Gasteiger partial charge < -0.3 is 9.13 Å². The minimum atomic E-state index is 0.530. The van der Waals surface area contributed by atoms with Crippen LogP contribution in [0, 0.1) is 34.3 Å². The van der Waals surface area contributed by atoms with Crippen LogP contribution >= 0.6 is 0 Å². The van der Waals surface area contributed by atoms with Crippen LogP contribution in [0.25, 0.3) is 139 Å². The van der Waals surface area contributed by atoms with Crippen molar-refractivity contribution in [1.29, 1.82) is 0 Å². The van der Waals surface area contributed by atoms with Gasteiger partial charge >= 0.3 is 0 Å². The predicted octanol–water partition coefficient (Wildman–Crippen LogP) is 15.9. The second-order valence-electron chi connectivity index (χ2n) is 19.8. The van der Waals surface area contributed by atoms with Crippen LogP contribution in [-0.4, -0.2) is 54.0 Å². The maximum Gasteiger partial charge on any atom is 0.194 e. The Kier molecular flexibility index (Phi) is 11.5. The fourth-order valence-electron chi connectivity index (χ4n) is 11.2. The molecular formula is C68H46N12. The largest absolute Gasteiger partial charge is 0.309 e. The summed E-state index contributed by atoms with van der Waals surface area (Å²) in [6, 6.07) is 70.9. The lowest BCUT2D eigenvalue weighted by molar-refractivity contribution is 0.928. The number of aryl methyl sites for hydroxylation is 4. The summed E-state index contributed by atoms with van der Waals surface area (Å²) in [5, 5.41) is 4.26. The van der Waals surface area contributed by atoms with Gasteiger partial charge in [-0.05, 0) is 123 Å². The van der Waals surface area contributed by atoms with E-state index in [1.54, 1.807) is 0 Å². The van der Waals surface area contributed by atoms with Crippen LogP contribution in [0.4, 0.5) is 5.69 Å². The van der Waals surface area contributed by atoms with E-state index >= 15 is 0 Å². The zero-order chi connectivity index (χ0) is 54.0. The molecule has 0 atom stereocenters. The monoisotopic (exact) mass is 1030 g/mol. The molecule has 5 aromatic heterocycles. The Morgan fingerprint density at radius 3 is 1.18 bits per heavy atom. The van der Waals surface area contributed by atoms with Crippen molar-refractivity contribution < 1.29 is 0 Å². The van der Waals surface area contributed by atoms with Crippen molar-refractivity contribution in [3.63, 3.8) is 0 Å². The molecule has 0 amide bonds. The third kappa shape index (κ3) is 8.29. The Labute approximate surface area is 460 Å². The second-order valence-corrected chi connectivity index (χ2v) is 19.8. The molecule has 9 aromatic carbocycles. The standard InChI is InChI=1S/C68H46N12/c1-40-70-41(2)73-66(72-40)48-30-34-62-55(38-48)51-23-13-16-26-58(51)79(62)60-33-29-47(68-77-64(44-18-8-6-9-19-44)76-65(78-68)45-20-10-7-11-21-45)37-53(60)46-28-32-61(54(36-46)50-22-12-15-25-57(50)69-5)80-59-27-17-14-24-52(59)56-39-49(31-35-63(56)80)67-74-42(3)71-43(4)75-67/h6-39H,1-4H3. The molecule has 378 valence electrons. The van der Waals surface area contributed by atoms with E-state index in [4.69, 9.17) is 41.5 Å². The van der Waals surface area contributed by atoms with E-state index in [1.807, 2.05) is 113 Å². The first-order valence-corrected chi connectivity index (χ1v) is 26.3. The smallest absolute Gasteiger partial charge is 0.194 e. The molecule has 0 bridgehead atoms. The Morgan fingerprint density at radius 2 is 0.662 bits per heavy atom. The molecule has 12 heteroatoms. The van der Waals surface area contributed by atoms with Crippen LogP contribution in [0.2, 0.25) is 0 Å². The SMILES string of the molecule is [C-]#[N+]c1ccccc1-c1cc(-c2cc(-c3nc(-c4ccccc4)nc(-c4ccccc4)n3)ccc2-n2c3ccccc3c3cc(-c4nc(C)nc(C)n4)ccc32)ccc1-n1c2ccccc2c2cc(-c3nc(C)nc(C)n3)ccc21. The van der Waals surface area contributed by atoms with Gasteiger partial charge in [0.15, 0.2) is 34.8 Å². The molecule has 12 nitrogen and oxygen atoms in total. The molecule has 14 rings (SSSR count). The van der Waals surface area contributed by atoms with Gasteiger partial charge in [0.2, 0.25) is 0 Å². The fraction of sp³-hybridized carbons (Fsp3) is 0.0588. The van der Waals surface area contributed by atoms with Crippen molar-refractivity contribution in [2.24, 2.45) is 0 Å². The number of hydrogen-bond acceptors (Lipinski definition) is 9. The summed E-state index contributed by atoms with van der Waals surface area (Å²) in [4.78, 5) is 47.5. The van der Waals surface area contributed by atoms with Crippen LogP contribution in [0.5, 0.6) is 0 Å². The number of hydrogen-bond donors (Lipinski definition) is 0. The summed E-state index contributed by atoms with van der Waals surface area (Å²) in [7, 11) is 0. The first-order valence-electron chi connectivity index (χ1n) is 26.3. The maximum absolute atomic E-state index is 8.52. The summed E-state index contributed by atoms with van der Waals surface area (Å²) >= 11 is 0. The van der Waals surface area contributed by atoms with Crippen LogP contribution in [0.3, 0.4) is 0 Å². The van der Waals surface area contributed by atoms with E-state index in [-0.39, 0.29) is 0 Å². The zero-order valence-electron chi connectivity index (χ0n) is 44.0. The Morgan fingerprint density at radius 1 is 0.287 bits per heavy atom. The summed E-state index contributed by atoms with van der Waals surface area (Å²) in [5.74, 6) is 5.61. The van der Waals surface area contributed by atoms with Crippen molar-refractivity contribution in [1.82, 2.24) is 54.0 Å². The molecule has 14 aromatic rings. The van der Waals surface area contributed by atoms with Crippen molar-refractivity contribution in [2.75, 3.05) is 0 Å². The van der Waals surface area contributed by atoms with E-state index in [0.29, 0.717) is 58.1 Å². The van der Waals surface area contributed by atoms with Crippen LogP contribution in [-0.2, 0) is 0 Å². The molecule has 0 fully saturated rings. The van der Waals surface area contributed by atoms with Crippen molar-refractivity contribution in [3.8, 4) is 90.6 Å². The van der Waals surface area contributed by atoms with Crippen LogP contribution < -0.4 is 0 Å². The van der Waals surface area contributed by atoms with Gasteiger partial charge in [0.1, 0.15) is 23.3 Å². The van der Waals surface area contributed by atoms with E-state index in [9.17, 15) is 0 Å². The van der Waals surface area contributed by atoms with Gasteiger partial charge in [0.05, 0.1) is 40.0 Å². The number of rotatable bonds is 9. The van der Waals surface area contributed by atoms with Gasteiger partial charge in [-0.3, -0.25) is 0 Å². The number of benzene rings is 9. The lowest BCUT2D eigenvalue weighted by atomic mass is 9.94. The normalized spacial score (nSPS) is 11.5. The molecule has 0 aliphatic carbocycles. The number of para-hydroxylation sites is 3. The first kappa shape index (κ1) is 47.5. The highest BCUT2D eigenvalue weighted by Crippen LogP contribution is 2.45. The molecule has 5 heterocycles. The Balaban J connectivity index is 1.04. The van der Waals surface area contributed by atoms with Gasteiger partial charge in [-0.15, -0.1) is 0 Å². The minimum Gasteiger partial charge on any atom is -0.309 e. The molecule has 0 N–H and O–H groups in total. The maximum atomic E-state index is 8.52. The highest BCUT2D eigenvalue weighted by atomic mass is 15.1. The molecular weight excluding hydrogens is 985 g/mol. The molecule has 0 spiro atoms. The van der Waals surface area contributed by atoms with Crippen LogP contribution in [0.15, 0.2) is 206 Å². The summed E-state index contributed by atoms with van der Waals surface area (Å²) in [6.07, 6.45) is 0. The molecule has 0 aliphatic rings. The van der Waals surface area contributed by atoms with E-state index < -0.39 is 0 Å². The average molecular weight is 1030 g/mol. The zero-order valence-corrected chi connectivity index (χ0v) is 44.0. The lowest BCUT2D eigenvalue weighted by Crippen LogP contribution is -2.03. The molecule has 0 unspecified atom stereocenters. The summed E-state index contributed by atoms with van der Waals surface area (Å²) in [6.45, 7) is 16.1. The minimum absolute atomic E-state index is 0.530. The van der Waals surface area contributed by atoms with Crippen molar-refractivity contribution in [3.05, 3.63) is 241 Å². The number of nitrogens with zero attached hydrogens (tertiary/aromatic N) is 12. The highest BCUT2D eigenvalue weighted by Gasteiger charge is 2.24.